The normalized spacial score (nSPS) is 10.7. The fourth-order valence-corrected chi connectivity index (χ4v) is 2.15. The van der Waals surface area contributed by atoms with Gasteiger partial charge in [0.2, 0.25) is 11.8 Å². The maximum absolute atomic E-state index is 11.5. The summed E-state index contributed by atoms with van der Waals surface area (Å²) in [6.45, 7) is 0. The van der Waals surface area contributed by atoms with Crippen molar-refractivity contribution in [1.29, 1.82) is 0 Å². The van der Waals surface area contributed by atoms with Crippen molar-refractivity contribution >= 4 is 35.1 Å². The highest BCUT2D eigenvalue weighted by Gasteiger charge is 2.03. The van der Waals surface area contributed by atoms with Gasteiger partial charge in [-0.2, -0.15) is 0 Å². The number of rotatable bonds is 7. The van der Waals surface area contributed by atoms with Gasteiger partial charge in [-0.1, -0.05) is 24.3 Å². The maximum Gasteiger partial charge on any atom is 0.328 e. The first kappa shape index (κ1) is 20.1. The van der Waals surface area contributed by atoms with Crippen LogP contribution in [0.2, 0.25) is 0 Å². The topological polar surface area (TPSA) is 133 Å². The molecule has 0 atom stereocenters. The molecule has 142 valence electrons. The van der Waals surface area contributed by atoms with Crippen molar-refractivity contribution in [3.05, 3.63) is 72.8 Å². The Morgan fingerprint density at radius 3 is 1.18 bits per heavy atom. The number of anilines is 2. The molecule has 0 aliphatic rings. The van der Waals surface area contributed by atoms with E-state index < -0.39 is 23.8 Å². The lowest BCUT2D eigenvalue weighted by Crippen LogP contribution is -2.08. The van der Waals surface area contributed by atoms with Crippen molar-refractivity contribution in [2.45, 2.75) is 0 Å². The van der Waals surface area contributed by atoms with Gasteiger partial charge in [0.1, 0.15) is 0 Å². The lowest BCUT2D eigenvalue weighted by molar-refractivity contribution is -0.132. The molecule has 0 aliphatic carbocycles. The molecule has 0 bridgehead atoms. The van der Waals surface area contributed by atoms with Crippen molar-refractivity contribution in [3.8, 4) is 11.1 Å². The molecule has 2 aromatic rings. The minimum absolute atomic E-state index is 0.512. The number of nitrogens with one attached hydrogen (secondary N) is 2. The molecule has 28 heavy (non-hydrogen) atoms. The Morgan fingerprint density at radius 1 is 0.571 bits per heavy atom. The van der Waals surface area contributed by atoms with Crippen molar-refractivity contribution in [2.75, 3.05) is 10.6 Å². The predicted octanol–water partition coefficient (Wildman–Crippen LogP) is 2.51. The molecule has 0 aromatic heterocycles. The molecule has 0 aliphatic heterocycles. The summed E-state index contributed by atoms with van der Waals surface area (Å²) in [5.41, 5.74) is 2.75. The molecule has 0 saturated carbocycles. The minimum Gasteiger partial charge on any atom is -0.478 e. The largest absolute Gasteiger partial charge is 0.478 e. The smallest absolute Gasteiger partial charge is 0.328 e. The number of hydrogen-bond acceptors (Lipinski definition) is 4. The van der Waals surface area contributed by atoms with Crippen molar-refractivity contribution in [2.24, 2.45) is 0 Å². The summed E-state index contributed by atoms with van der Waals surface area (Å²) < 4.78 is 0. The second-order valence-corrected chi connectivity index (χ2v) is 5.48. The number of benzene rings is 2. The highest BCUT2D eigenvalue weighted by atomic mass is 16.4. The van der Waals surface area contributed by atoms with Gasteiger partial charge < -0.3 is 20.8 Å². The van der Waals surface area contributed by atoms with Gasteiger partial charge in [0.05, 0.1) is 0 Å². The van der Waals surface area contributed by atoms with Crippen molar-refractivity contribution in [3.63, 3.8) is 0 Å². The number of carboxylic acids is 2. The summed E-state index contributed by atoms with van der Waals surface area (Å²) in [6, 6.07) is 13.8. The van der Waals surface area contributed by atoms with Crippen LogP contribution >= 0.6 is 0 Å². The molecule has 2 rings (SSSR count). The first-order valence-corrected chi connectivity index (χ1v) is 7.98. The summed E-state index contributed by atoms with van der Waals surface area (Å²) in [7, 11) is 0. The van der Waals surface area contributed by atoms with E-state index in [1.54, 1.807) is 48.5 Å². The molecule has 0 saturated heterocycles. The van der Waals surface area contributed by atoms with Crippen LogP contribution in [-0.2, 0) is 19.2 Å². The van der Waals surface area contributed by atoms with E-state index in [-0.39, 0.29) is 0 Å². The average Bonchev–Trinajstić information content (AvgIpc) is 2.66. The van der Waals surface area contributed by atoms with E-state index in [0.29, 0.717) is 11.4 Å². The van der Waals surface area contributed by atoms with Crippen LogP contribution in [0.3, 0.4) is 0 Å². The second kappa shape index (κ2) is 9.48. The monoisotopic (exact) mass is 380 g/mol. The average molecular weight is 380 g/mol. The molecule has 8 heteroatoms. The Kier molecular flexibility index (Phi) is 6.81. The van der Waals surface area contributed by atoms with Crippen LogP contribution in [0, 0.1) is 0 Å². The lowest BCUT2D eigenvalue weighted by Gasteiger charge is -2.07. The van der Waals surface area contributed by atoms with Crippen LogP contribution in [0.15, 0.2) is 72.8 Å². The van der Waals surface area contributed by atoms with Gasteiger partial charge in [-0.05, 0) is 35.4 Å². The van der Waals surface area contributed by atoms with Gasteiger partial charge in [-0.25, -0.2) is 9.59 Å². The Morgan fingerprint density at radius 2 is 0.893 bits per heavy atom. The Bertz CT molecular complexity index is 864. The summed E-state index contributed by atoms with van der Waals surface area (Å²) in [4.78, 5) is 43.9. The van der Waals surface area contributed by atoms with Crippen LogP contribution in [0.25, 0.3) is 11.1 Å². The van der Waals surface area contributed by atoms with E-state index in [4.69, 9.17) is 10.2 Å². The standard InChI is InChI=1S/C20H16N2O6/c23-17(9-11-19(25)26)21-15-5-1-13(2-6-15)14-3-7-16(8-4-14)22-18(24)10-12-20(27)28/h1-12H,(H,21,23)(H,22,24)(H,25,26)(H,27,28)/b11-9-,12-10-. The molecule has 2 amide bonds. The van der Waals surface area contributed by atoms with E-state index in [9.17, 15) is 19.2 Å². The summed E-state index contributed by atoms with van der Waals surface area (Å²) in [5, 5.41) is 22.1. The van der Waals surface area contributed by atoms with Gasteiger partial charge in [0.25, 0.3) is 0 Å². The lowest BCUT2D eigenvalue weighted by atomic mass is 10.0. The first-order chi connectivity index (χ1) is 13.3. The highest BCUT2D eigenvalue weighted by molar-refractivity contribution is 6.03. The molecule has 0 radical (unpaired) electrons. The molecule has 0 unspecified atom stereocenters. The summed E-state index contributed by atoms with van der Waals surface area (Å²) in [6.07, 6.45) is 3.35. The van der Waals surface area contributed by atoms with Crippen LogP contribution in [0.4, 0.5) is 11.4 Å². The summed E-state index contributed by atoms with van der Waals surface area (Å²) >= 11 is 0. The van der Waals surface area contributed by atoms with Gasteiger partial charge in [-0.3, -0.25) is 9.59 Å². The summed E-state index contributed by atoms with van der Waals surface area (Å²) in [5.74, 6) is -3.51. The first-order valence-electron chi connectivity index (χ1n) is 7.98. The molecule has 0 spiro atoms. The zero-order valence-electron chi connectivity index (χ0n) is 14.5. The third-order valence-electron chi connectivity index (χ3n) is 3.39. The molecule has 0 heterocycles. The van der Waals surface area contributed by atoms with Crippen molar-refractivity contribution < 1.29 is 29.4 Å². The maximum atomic E-state index is 11.5. The molecule has 0 fully saturated rings. The number of carbonyl (C=O) groups is 4. The van der Waals surface area contributed by atoms with Gasteiger partial charge in [0, 0.05) is 35.7 Å². The van der Waals surface area contributed by atoms with Crippen molar-refractivity contribution in [1.82, 2.24) is 0 Å². The fraction of sp³-hybridized carbons (Fsp3) is 0. The number of hydrogen-bond donors (Lipinski definition) is 4. The Balaban J connectivity index is 2.00. The second-order valence-electron chi connectivity index (χ2n) is 5.48. The quantitative estimate of drug-likeness (QED) is 0.546. The number of amides is 2. The van der Waals surface area contributed by atoms with E-state index in [2.05, 4.69) is 10.6 Å². The number of aliphatic carboxylic acids is 2. The van der Waals surface area contributed by atoms with Gasteiger partial charge in [-0.15, -0.1) is 0 Å². The zero-order valence-corrected chi connectivity index (χ0v) is 14.5. The van der Waals surface area contributed by atoms with E-state index in [1.807, 2.05) is 0 Å². The Hall–Kier alpha value is -4.20. The van der Waals surface area contributed by atoms with Crippen LogP contribution in [0.5, 0.6) is 0 Å². The van der Waals surface area contributed by atoms with Crippen LogP contribution < -0.4 is 10.6 Å². The number of carboxylic acid groups (broad SMARTS) is 2. The molecular weight excluding hydrogens is 364 g/mol. The fourth-order valence-electron chi connectivity index (χ4n) is 2.15. The predicted molar refractivity (Wildman–Crippen MR) is 103 cm³/mol. The molecule has 2 aromatic carbocycles. The molecule has 8 nitrogen and oxygen atoms in total. The minimum atomic E-state index is -1.21. The Labute approximate surface area is 159 Å². The molecular formula is C20H16N2O6. The number of carbonyl (C=O) groups excluding carboxylic acids is 2. The third-order valence-corrected chi connectivity index (χ3v) is 3.39. The highest BCUT2D eigenvalue weighted by Crippen LogP contribution is 2.23. The van der Waals surface area contributed by atoms with Gasteiger partial charge >= 0.3 is 11.9 Å². The van der Waals surface area contributed by atoms with E-state index in [1.165, 1.54) is 0 Å². The molecule has 4 N–H and O–H groups in total. The SMILES string of the molecule is O=C(O)/C=C\C(=O)Nc1ccc(-c2ccc(NC(=O)/C=C\C(=O)O)cc2)cc1. The van der Waals surface area contributed by atoms with E-state index >= 15 is 0 Å². The third kappa shape index (κ3) is 6.60. The van der Waals surface area contributed by atoms with E-state index in [0.717, 1.165) is 35.4 Å². The van der Waals surface area contributed by atoms with Crippen LogP contribution in [0.1, 0.15) is 0 Å². The van der Waals surface area contributed by atoms with Gasteiger partial charge in [0.15, 0.2) is 0 Å². The van der Waals surface area contributed by atoms with Crippen LogP contribution in [-0.4, -0.2) is 34.0 Å². The zero-order chi connectivity index (χ0) is 20.5.